The SMILES string of the molecule is NCC1CCC(C(=O)NCc2ccc(Cl)s2)O1. The van der Waals surface area contributed by atoms with E-state index in [9.17, 15) is 4.79 Å². The molecule has 1 aromatic heterocycles. The van der Waals surface area contributed by atoms with Gasteiger partial charge in [-0.15, -0.1) is 11.3 Å². The number of nitrogens with one attached hydrogen (secondary N) is 1. The normalized spacial score (nSPS) is 23.9. The van der Waals surface area contributed by atoms with Crippen LogP contribution in [0.25, 0.3) is 0 Å². The molecule has 0 saturated carbocycles. The summed E-state index contributed by atoms with van der Waals surface area (Å²) in [6.07, 6.45) is 1.29. The average Bonchev–Trinajstić information content (AvgIpc) is 2.94. The number of nitrogens with two attached hydrogens (primary N) is 1. The second-order valence-electron chi connectivity index (χ2n) is 3.98. The molecule has 6 heteroatoms. The van der Waals surface area contributed by atoms with Crippen LogP contribution in [0, 0.1) is 0 Å². The predicted octanol–water partition coefficient (Wildman–Crippen LogP) is 1.52. The Morgan fingerprint density at radius 2 is 2.41 bits per heavy atom. The monoisotopic (exact) mass is 274 g/mol. The van der Waals surface area contributed by atoms with Crippen molar-refractivity contribution in [3.63, 3.8) is 0 Å². The first kappa shape index (κ1) is 12.8. The zero-order chi connectivity index (χ0) is 12.3. The average molecular weight is 275 g/mol. The van der Waals surface area contributed by atoms with Gasteiger partial charge in [0.05, 0.1) is 17.0 Å². The minimum Gasteiger partial charge on any atom is -0.364 e. The van der Waals surface area contributed by atoms with E-state index in [1.165, 1.54) is 11.3 Å². The van der Waals surface area contributed by atoms with Crippen molar-refractivity contribution in [1.82, 2.24) is 5.32 Å². The Kier molecular flexibility index (Phi) is 4.39. The van der Waals surface area contributed by atoms with Gasteiger partial charge >= 0.3 is 0 Å². The van der Waals surface area contributed by atoms with Gasteiger partial charge in [-0.2, -0.15) is 0 Å². The highest BCUT2D eigenvalue weighted by atomic mass is 35.5. The van der Waals surface area contributed by atoms with Gasteiger partial charge in [0.25, 0.3) is 0 Å². The van der Waals surface area contributed by atoms with Crippen LogP contribution in [0.2, 0.25) is 4.34 Å². The van der Waals surface area contributed by atoms with Gasteiger partial charge in [0.1, 0.15) is 6.10 Å². The summed E-state index contributed by atoms with van der Waals surface area (Å²) in [5, 5.41) is 2.85. The van der Waals surface area contributed by atoms with Crippen molar-refractivity contribution in [1.29, 1.82) is 0 Å². The van der Waals surface area contributed by atoms with Crippen molar-refractivity contribution in [2.45, 2.75) is 31.6 Å². The molecule has 0 radical (unpaired) electrons. The molecule has 2 atom stereocenters. The number of ether oxygens (including phenoxy) is 1. The van der Waals surface area contributed by atoms with Crippen LogP contribution in [0.5, 0.6) is 0 Å². The summed E-state index contributed by atoms with van der Waals surface area (Å²) in [6.45, 7) is 0.980. The number of amides is 1. The molecule has 0 spiro atoms. The maximum Gasteiger partial charge on any atom is 0.249 e. The quantitative estimate of drug-likeness (QED) is 0.875. The number of hydrogen-bond acceptors (Lipinski definition) is 4. The number of thiophene rings is 1. The smallest absolute Gasteiger partial charge is 0.249 e. The third kappa shape index (κ3) is 3.42. The lowest BCUT2D eigenvalue weighted by Crippen LogP contribution is -2.34. The molecule has 2 rings (SSSR count). The summed E-state index contributed by atoms with van der Waals surface area (Å²) in [6, 6.07) is 3.73. The van der Waals surface area contributed by atoms with Crippen LogP contribution in [0.1, 0.15) is 17.7 Å². The van der Waals surface area contributed by atoms with Crippen molar-refractivity contribution in [2.75, 3.05) is 6.54 Å². The first-order valence-electron chi connectivity index (χ1n) is 5.56. The van der Waals surface area contributed by atoms with Gasteiger partial charge in [0.2, 0.25) is 5.91 Å². The summed E-state index contributed by atoms with van der Waals surface area (Å²) < 4.78 is 6.24. The molecule has 1 amide bonds. The number of halogens is 1. The third-order valence-electron chi connectivity index (χ3n) is 2.73. The van der Waals surface area contributed by atoms with Crippen molar-refractivity contribution in [3.8, 4) is 0 Å². The highest BCUT2D eigenvalue weighted by molar-refractivity contribution is 7.16. The van der Waals surface area contributed by atoms with E-state index >= 15 is 0 Å². The Bertz CT molecular complexity index is 397. The molecule has 1 aromatic rings. The Morgan fingerprint density at radius 1 is 1.59 bits per heavy atom. The van der Waals surface area contributed by atoms with Gasteiger partial charge in [-0.3, -0.25) is 4.79 Å². The first-order chi connectivity index (χ1) is 8.19. The minimum atomic E-state index is -0.348. The maximum atomic E-state index is 11.8. The van der Waals surface area contributed by atoms with Crippen LogP contribution in [-0.4, -0.2) is 24.7 Å². The Hall–Kier alpha value is -0.620. The van der Waals surface area contributed by atoms with Gasteiger partial charge in [0.15, 0.2) is 0 Å². The molecule has 1 aliphatic heterocycles. The van der Waals surface area contributed by atoms with Crippen LogP contribution in [0.3, 0.4) is 0 Å². The Balaban J connectivity index is 1.78. The second kappa shape index (κ2) is 5.82. The fourth-order valence-corrected chi connectivity index (χ4v) is 2.83. The lowest BCUT2D eigenvalue weighted by molar-refractivity contribution is -0.132. The predicted molar refractivity (Wildman–Crippen MR) is 68.1 cm³/mol. The summed E-state index contributed by atoms with van der Waals surface area (Å²) >= 11 is 7.28. The Morgan fingerprint density at radius 3 is 3.00 bits per heavy atom. The molecule has 0 bridgehead atoms. The van der Waals surface area contributed by atoms with E-state index in [0.717, 1.165) is 22.1 Å². The van der Waals surface area contributed by atoms with Crippen molar-refractivity contribution < 1.29 is 9.53 Å². The molecule has 3 N–H and O–H groups in total. The van der Waals surface area contributed by atoms with E-state index in [0.29, 0.717) is 13.1 Å². The van der Waals surface area contributed by atoms with Gasteiger partial charge in [0, 0.05) is 11.4 Å². The van der Waals surface area contributed by atoms with Gasteiger partial charge < -0.3 is 15.8 Å². The van der Waals surface area contributed by atoms with Crippen LogP contribution < -0.4 is 11.1 Å². The largest absolute Gasteiger partial charge is 0.364 e. The van der Waals surface area contributed by atoms with Gasteiger partial charge in [-0.1, -0.05) is 11.6 Å². The van der Waals surface area contributed by atoms with E-state index in [4.69, 9.17) is 22.1 Å². The van der Waals surface area contributed by atoms with E-state index < -0.39 is 0 Å². The van der Waals surface area contributed by atoms with E-state index in [1.54, 1.807) is 0 Å². The highest BCUT2D eigenvalue weighted by Gasteiger charge is 2.29. The highest BCUT2D eigenvalue weighted by Crippen LogP contribution is 2.22. The molecule has 2 heterocycles. The summed E-state index contributed by atoms with van der Waals surface area (Å²) in [7, 11) is 0. The fourth-order valence-electron chi connectivity index (χ4n) is 1.81. The molecule has 1 fully saturated rings. The zero-order valence-electron chi connectivity index (χ0n) is 9.32. The van der Waals surface area contributed by atoms with Crippen molar-refractivity contribution in [2.24, 2.45) is 5.73 Å². The van der Waals surface area contributed by atoms with E-state index in [2.05, 4.69) is 5.32 Å². The standard InChI is InChI=1S/C11H15ClN2O2S/c12-10-4-2-8(17-10)6-14-11(15)9-3-1-7(5-13)16-9/h2,4,7,9H,1,3,5-6,13H2,(H,14,15). The molecule has 0 aliphatic carbocycles. The molecular formula is C11H15ClN2O2S. The summed E-state index contributed by atoms with van der Waals surface area (Å²) in [4.78, 5) is 12.8. The van der Waals surface area contributed by atoms with Crippen molar-refractivity contribution >= 4 is 28.8 Å². The summed E-state index contributed by atoms with van der Waals surface area (Å²) in [5.74, 6) is -0.0644. The number of rotatable bonds is 4. The number of hydrogen-bond donors (Lipinski definition) is 2. The van der Waals surface area contributed by atoms with Gasteiger partial charge in [-0.05, 0) is 25.0 Å². The lowest BCUT2D eigenvalue weighted by atomic mass is 10.2. The van der Waals surface area contributed by atoms with Gasteiger partial charge in [-0.25, -0.2) is 0 Å². The molecule has 94 valence electrons. The van der Waals surface area contributed by atoms with Crippen LogP contribution in [0.4, 0.5) is 0 Å². The maximum absolute atomic E-state index is 11.8. The number of carbonyl (C=O) groups excluding carboxylic acids is 1. The topological polar surface area (TPSA) is 64.4 Å². The molecule has 1 saturated heterocycles. The van der Waals surface area contributed by atoms with Crippen LogP contribution in [-0.2, 0) is 16.1 Å². The molecule has 4 nitrogen and oxygen atoms in total. The molecule has 17 heavy (non-hydrogen) atoms. The number of carbonyl (C=O) groups is 1. The third-order valence-corrected chi connectivity index (χ3v) is 3.96. The zero-order valence-corrected chi connectivity index (χ0v) is 10.9. The first-order valence-corrected chi connectivity index (χ1v) is 6.76. The molecule has 2 unspecified atom stereocenters. The van der Waals surface area contributed by atoms with E-state index in [1.807, 2.05) is 12.1 Å². The van der Waals surface area contributed by atoms with Crippen LogP contribution >= 0.6 is 22.9 Å². The van der Waals surface area contributed by atoms with E-state index in [-0.39, 0.29) is 18.1 Å². The summed E-state index contributed by atoms with van der Waals surface area (Å²) in [5.41, 5.74) is 5.49. The van der Waals surface area contributed by atoms with Crippen molar-refractivity contribution in [3.05, 3.63) is 21.3 Å². The van der Waals surface area contributed by atoms with Crippen LogP contribution in [0.15, 0.2) is 12.1 Å². The molecule has 1 aliphatic rings. The Labute approximate surface area is 109 Å². The molecule has 0 aromatic carbocycles. The lowest BCUT2D eigenvalue weighted by Gasteiger charge is -2.12. The minimum absolute atomic E-state index is 0.0296. The fraction of sp³-hybridized carbons (Fsp3) is 0.545. The molecular weight excluding hydrogens is 260 g/mol. The second-order valence-corrected chi connectivity index (χ2v) is 5.78.